The first-order chi connectivity index (χ1) is 7.36. The summed E-state index contributed by atoms with van der Waals surface area (Å²) in [6.45, 7) is 2.40. The van der Waals surface area contributed by atoms with Crippen LogP contribution in [0.2, 0.25) is 0 Å². The average Bonchev–Trinajstić information content (AvgIpc) is 2.29. The molecule has 1 aliphatic carbocycles. The van der Waals surface area contributed by atoms with Crippen molar-refractivity contribution >= 4 is 0 Å². The highest BCUT2D eigenvalue weighted by Gasteiger charge is 2.18. The molecule has 1 unspecified atom stereocenters. The Kier molecular flexibility index (Phi) is 7.03. The summed E-state index contributed by atoms with van der Waals surface area (Å²) < 4.78 is 5.94. The van der Waals surface area contributed by atoms with E-state index in [0.717, 1.165) is 6.42 Å². The Labute approximate surface area is 94.0 Å². The number of hydrogen-bond acceptors (Lipinski definition) is 2. The normalized spacial score (nSPS) is 20.4. The van der Waals surface area contributed by atoms with Gasteiger partial charge in [0.15, 0.2) is 0 Å². The Hall–Kier alpha value is -0.0800. The summed E-state index contributed by atoms with van der Waals surface area (Å²) >= 11 is 0. The molecule has 1 rings (SSSR count). The molecule has 90 valence electrons. The summed E-state index contributed by atoms with van der Waals surface area (Å²) in [5.41, 5.74) is 0. The van der Waals surface area contributed by atoms with Crippen molar-refractivity contribution in [3.63, 3.8) is 0 Å². The van der Waals surface area contributed by atoms with Crippen molar-refractivity contribution in [2.24, 2.45) is 0 Å². The number of aliphatic hydroxyl groups is 1. The molecule has 0 saturated heterocycles. The molecule has 0 spiro atoms. The fraction of sp³-hybridized carbons (Fsp3) is 1.00. The molecule has 0 bridgehead atoms. The van der Waals surface area contributed by atoms with E-state index in [9.17, 15) is 5.11 Å². The molecule has 0 aliphatic heterocycles. The van der Waals surface area contributed by atoms with E-state index < -0.39 is 0 Å². The van der Waals surface area contributed by atoms with E-state index in [1.54, 1.807) is 0 Å². The van der Waals surface area contributed by atoms with Gasteiger partial charge in [0.2, 0.25) is 0 Å². The van der Waals surface area contributed by atoms with Crippen LogP contribution in [0, 0.1) is 0 Å². The predicted molar refractivity (Wildman–Crippen MR) is 63.0 cm³/mol. The van der Waals surface area contributed by atoms with Crippen molar-refractivity contribution in [1.29, 1.82) is 0 Å². The van der Waals surface area contributed by atoms with Gasteiger partial charge in [-0.25, -0.2) is 0 Å². The van der Waals surface area contributed by atoms with Gasteiger partial charge in [-0.15, -0.1) is 0 Å². The summed E-state index contributed by atoms with van der Waals surface area (Å²) in [5, 5.41) is 9.23. The Balaban J connectivity index is 2.13. The van der Waals surface area contributed by atoms with Gasteiger partial charge in [-0.2, -0.15) is 0 Å². The Morgan fingerprint density at radius 1 is 1.20 bits per heavy atom. The highest BCUT2D eigenvalue weighted by atomic mass is 16.5. The lowest BCUT2D eigenvalue weighted by atomic mass is 9.97. The number of rotatable bonds is 7. The molecule has 0 radical (unpaired) electrons. The second-order valence-corrected chi connectivity index (χ2v) is 4.70. The van der Waals surface area contributed by atoms with E-state index in [1.165, 1.54) is 51.4 Å². The monoisotopic (exact) mass is 214 g/mol. The van der Waals surface area contributed by atoms with Crippen LogP contribution in [0.4, 0.5) is 0 Å². The van der Waals surface area contributed by atoms with E-state index >= 15 is 0 Å². The number of hydrogen-bond donors (Lipinski definition) is 1. The van der Waals surface area contributed by atoms with Crippen molar-refractivity contribution in [3.05, 3.63) is 0 Å². The van der Waals surface area contributed by atoms with Crippen LogP contribution in [0.15, 0.2) is 0 Å². The largest absolute Gasteiger partial charge is 0.394 e. The Morgan fingerprint density at radius 2 is 1.93 bits per heavy atom. The lowest BCUT2D eigenvalue weighted by molar-refractivity contribution is -0.0571. The summed E-state index contributed by atoms with van der Waals surface area (Å²) in [5.74, 6) is 0. The summed E-state index contributed by atoms with van der Waals surface area (Å²) in [4.78, 5) is 0. The van der Waals surface area contributed by atoms with Crippen molar-refractivity contribution in [3.8, 4) is 0 Å². The van der Waals surface area contributed by atoms with Crippen LogP contribution in [0.25, 0.3) is 0 Å². The van der Waals surface area contributed by atoms with Crippen LogP contribution in [0.5, 0.6) is 0 Å². The highest BCUT2D eigenvalue weighted by molar-refractivity contribution is 4.68. The maximum Gasteiger partial charge on any atom is 0.0809 e. The minimum absolute atomic E-state index is 0.0969. The van der Waals surface area contributed by atoms with E-state index in [-0.39, 0.29) is 12.7 Å². The van der Waals surface area contributed by atoms with E-state index in [2.05, 4.69) is 6.92 Å². The number of unbranched alkanes of at least 4 members (excludes halogenated alkanes) is 2. The van der Waals surface area contributed by atoms with E-state index in [0.29, 0.717) is 6.10 Å². The zero-order valence-electron chi connectivity index (χ0n) is 10.1. The molecule has 1 atom stereocenters. The Bertz CT molecular complexity index is 141. The predicted octanol–water partition coefficient (Wildman–Crippen LogP) is 3.28. The van der Waals surface area contributed by atoms with Gasteiger partial charge >= 0.3 is 0 Å². The van der Waals surface area contributed by atoms with Gasteiger partial charge in [0, 0.05) is 0 Å². The van der Waals surface area contributed by atoms with Crippen LogP contribution in [-0.4, -0.2) is 23.9 Å². The van der Waals surface area contributed by atoms with Crippen molar-refractivity contribution < 1.29 is 9.84 Å². The molecule has 2 heteroatoms. The first-order valence-electron chi connectivity index (χ1n) is 6.63. The van der Waals surface area contributed by atoms with Gasteiger partial charge < -0.3 is 9.84 Å². The average molecular weight is 214 g/mol. The Morgan fingerprint density at radius 3 is 2.53 bits per heavy atom. The molecule has 0 aromatic heterocycles. The summed E-state index contributed by atoms with van der Waals surface area (Å²) in [7, 11) is 0. The fourth-order valence-corrected chi connectivity index (χ4v) is 2.30. The van der Waals surface area contributed by atoms with Crippen molar-refractivity contribution in [1.82, 2.24) is 0 Å². The molecular weight excluding hydrogens is 188 g/mol. The smallest absolute Gasteiger partial charge is 0.0809 e. The zero-order chi connectivity index (χ0) is 10.9. The summed E-state index contributed by atoms with van der Waals surface area (Å²) in [6, 6.07) is 0. The molecule has 0 aromatic rings. The molecule has 1 aliphatic rings. The third-order valence-electron chi connectivity index (χ3n) is 3.27. The summed E-state index contributed by atoms with van der Waals surface area (Å²) in [6.07, 6.45) is 11.6. The van der Waals surface area contributed by atoms with Crippen LogP contribution < -0.4 is 0 Å². The van der Waals surface area contributed by atoms with Crippen molar-refractivity contribution in [2.45, 2.75) is 76.9 Å². The maximum atomic E-state index is 9.23. The van der Waals surface area contributed by atoms with Gasteiger partial charge in [0.1, 0.15) is 0 Å². The lowest BCUT2D eigenvalue weighted by Gasteiger charge is -2.26. The third-order valence-corrected chi connectivity index (χ3v) is 3.27. The number of ether oxygens (including phenoxy) is 1. The molecule has 0 amide bonds. The van der Waals surface area contributed by atoms with E-state index in [4.69, 9.17) is 4.74 Å². The second-order valence-electron chi connectivity index (χ2n) is 4.70. The second kappa shape index (κ2) is 8.12. The van der Waals surface area contributed by atoms with Crippen LogP contribution in [-0.2, 0) is 4.74 Å². The molecule has 15 heavy (non-hydrogen) atoms. The number of aliphatic hydroxyl groups excluding tert-OH is 1. The molecule has 1 fully saturated rings. The zero-order valence-corrected chi connectivity index (χ0v) is 10.1. The minimum Gasteiger partial charge on any atom is -0.394 e. The van der Waals surface area contributed by atoms with Gasteiger partial charge in [-0.1, -0.05) is 45.4 Å². The molecule has 1 saturated carbocycles. The lowest BCUT2D eigenvalue weighted by Crippen LogP contribution is -2.26. The van der Waals surface area contributed by atoms with Crippen LogP contribution in [0.1, 0.15) is 64.7 Å². The molecule has 0 heterocycles. The molecular formula is C13H26O2. The van der Waals surface area contributed by atoms with Gasteiger partial charge in [0.25, 0.3) is 0 Å². The third kappa shape index (κ3) is 5.53. The molecule has 0 aromatic carbocycles. The first kappa shape index (κ1) is 13.0. The van der Waals surface area contributed by atoms with Crippen LogP contribution >= 0.6 is 0 Å². The first-order valence-corrected chi connectivity index (χ1v) is 6.63. The molecule has 2 nitrogen and oxygen atoms in total. The van der Waals surface area contributed by atoms with Gasteiger partial charge in [-0.3, -0.25) is 0 Å². The highest BCUT2D eigenvalue weighted by Crippen LogP contribution is 2.22. The van der Waals surface area contributed by atoms with E-state index in [1.807, 2.05) is 0 Å². The minimum atomic E-state index is 0.0969. The van der Waals surface area contributed by atoms with Crippen LogP contribution in [0.3, 0.4) is 0 Å². The topological polar surface area (TPSA) is 29.5 Å². The maximum absolute atomic E-state index is 9.23. The standard InChI is InChI=1S/C13H26O2/c1-2-3-5-10-13(11-14)15-12-8-6-4-7-9-12/h12-14H,2-11H2,1H3. The van der Waals surface area contributed by atoms with Crippen molar-refractivity contribution in [2.75, 3.05) is 6.61 Å². The SMILES string of the molecule is CCCCCC(CO)OC1CCCCC1. The molecule has 1 N–H and O–H groups in total. The fourth-order valence-electron chi connectivity index (χ4n) is 2.30. The van der Waals surface area contributed by atoms with Gasteiger partial charge in [0.05, 0.1) is 18.8 Å². The quantitative estimate of drug-likeness (QED) is 0.659. The van der Waals surface area contributed by atoms with Gasteiger partial charge in [-0.05, 0) is 19.3 Å².